The molecule has 0 spiro atoms. The number of nitrogens with zero attached hydrogens (tertiary/aromatic N) is 3. The molecule has 8 nitrogen and oxygen atoms in total. The van der Waals surface area contributed by atoms with Crippen LogP contribution in [-0.4, -0.2) is 52.5 Å². The highest BCUT2D eigenvalue weighted by atomic mass is 16.6. The third-order valence-corrected chi connectivity index (χ3v) is 6.54. The van der Waals surface area contributed by atoms with E-state index in [9.17, 15) is 9.59 Å². The first-order chi connectivity index (χ1) is 17.6. The van der Waals surface area contributed by atoms with E-state index in [0.717, 1.165) is 33.9 Å². The molecule has 0 atom stereocenters. The summed E-state index contributed by atoms with van der Waals surface area (Å²) >= 11 is 0. The number of amides is 2. The Morgan fingerprint density at radius 3 is 2.32 bits per heavy atom. The fraction of sp³-hybridized carbons (Fsp3) is 0.414. The first-order valence-corrected chi connectivity index (χ1v) is 12.6. The van der Waals surface area contributed by atoms with Crippen molar-refractivity contribution in [3.63, 3.8) is 0 Å². The zero-order valence-corrected chi connectivity index (χ0v) is 22.5. The van der Waals surface area contributed by atoms with E-state index >= 15 is 0 Å². The molecule has 1 N–H and O–H groups in total. The van der Waals surface area contributed by atoms with Crippen LogP contribution in [0.1, 0.15) is 66.7 Å². The Morgan fingerprint density at radius 1 is 1.03 bits per heavy atom. The molecule has 196 valence electrons. The molecule has 0 radical (unpaired) electrons. The normalized spacial score (nSPS) is 14.4. The molecule has 2 aromatic carbocycles. The summed E-state index contributed by atoms with van der Waals surface area (Å²) in [5, 5.41) is 7.72. The molecule has 0 aliphatic carbocycles. The van der Waals surface area contributed by atoms with Crippen LogP contribution in [0.2, 0.25) is 0 Å². The molecule has 1 aliphatic rings. The largest absolute Gasteiger partial charge is 0.497 e. The summed E-state index contributed by atoms with van der Waals surface area (Å²) in [6.07, 6.45) is 2.73. The van der Waals surface area contributed by atoms with Gasteiger partial charge < -0.3 is 19.7 Å². The van der Waals surface area contributed by atoms with Gasteiger partial charge in [-0.05, 0) is 88.9 Å². The Bertz CT molecular complexity index is 1270. The van der Waals surface area contributed by atoms with Crippen molar-refractivity contribution in [3.8, 4) is 11.4 Å². The van der Waals surface area contributed by atoms with Gasteiger partial charge in [0.15, 0.2) is 0 Å². The first-order valence-electron chi connectivity index (χ1n) is 12.6. The van der Waals surface area contributed by atoms with Gasteiger partial charge in [0.2, 0.25) is 0 Å². The van der Waals surface area contributed by atoms with Crippen LogP contribution in [0.25, 0.3) is 5.69 Å². The van der Waals surface area contributed by atoms with Gasteiger partial charge in [-0.15, -0.1) is 0 Å². The third-order valence-electron chi connectivity index (χ3n) is 6.54. The quantitative estimate of drug-likeness (QED) is 0.470. The van der Waals surface area contributed by atoms with Gasteiger partial charge in [0, 0.05) is 24.7 Å². The topological polar surface area (TPSA) is 85.7 Å². The van der Waals surface area contributed by atoms with Gasteiger partial charge in [0.05, 0.1) is 30.3 Å². The predicted molar refractivity (Wildman–Crippen MR) is 144 cm³/mol. The van der Waals surface area contributed by atoms with E-state index in [2.05, 4.69) is 10.4 Å². The number of methoxy groups -OCH3 is 1. The number of anilines is 1. The molecule has 0 bridgehead atoms. The highest BCUT2D eigenvalue weighted by Gasteiger charge is 2.32. The SMILES string of the molecule is COc1ccc(-n2ncc(C(=O)Nc3cc(C)ccc3C)c2C2CCN(C(=O)OC(C)(C)C)CC2)cc1. The Labute approximate surface area is 218 Å². The zero-order valence-electron chi connectivity index (χ0n) is 22.5. The number of likely N-dealkylation sites (tertiary alicyclic amines) is 1. The molecule has 2 heterocycles. The summed E-state index contributed by atoms with van der Waals surface area (Å²) in [6, 6.07) is 13.6. The van der Waals surface area contributed by atoms with E-state index in [-0.39, 0.29) is 17.9 Å². The maximum Gasteiger partial charge on any atom is 0.410 e. The Kier molecular flexibility index (Phi) is 7.57. The molecular formula is C29H36N4O4. The summed E-state index contributed by atoms with van der Waals surface area (Å²) in [6.45, 7) is 10.7. The number of hydrogen-bond acceptors (Lipinski definition) is 5. The summed E-state index contributed by atoms with van der Waals surface area (Å²) in [7, 11) is 1.63. The predicted octanol–water partition coefficient (Wildman–Crippen LogP) is 5.86. The number of benzene rings is 2. The van der Waals surface area contributed by atoms with Crippen molar-refractivity contribution in [2.75, 3.05) is 25.5 Å². The number of nitrogens with one attached hydrogen (secondary N) is 1. The maximum absolute atomic E-state index is 13.5. The van der Waals surface area contributed by atoms with Crippen LogP contribution in [-0.2, 0) is 4.74 Å². The number of hydrogen-bond donors (Lipinski definition) is 1. The van der Waals surface area contributed by atoms with Gasteiger partial charge in [0.1, 0.15) is 11.4 Å². The van der Waals surface area contributed by atoms with E-state index in [1.54, 1.807) is 18.2 Å². The standard InChI is InChI=1S/C29H36N4O4/c1-19-7-8-20(2)25(17-19)31-27(34)24-18-30-33(22-9-11-23(36-6)12-10-22)26(24)21-13-15-32(16-14-21)28(35)37-29(3,4)5/h7-12,17-18,21H,13-16H2,1-6H3,(H,31,34). The molecular weight excluding hydrogens is 468 g/mol. The van der Waals surface area contributed by atoms with E-state index in [1.165, 1.54) is 0 Å². The van der Waals surface area contributed by atoms with Crippen LogP contribution in [0.4, 0.5) is 10.5 Å². The van der Waals surface area contributed by atoms with Gasteiger partial charge >= 0.3 is 6.09 Å². The number of aromatic nitrogens is 2. The minimum Gasteiger partial charge on any atom is -0.497 e. The van der Waals surface area contributed by atoms with Crippen molar-refractivity contribution in [3.05, 3.63) is 71.0 Å². The summed E-state index contributed by atoms with van der Waals surface area (Å²) in [5.41, 5.74) is 4.53. The maximum atomic E-state index is 13.5. The molecule has 1 aliphatic heterocycles. The van der Waals surface area contributed by atoms with Crippen molar-refractivity contribution in [1.82, 2.24) is 14.7 Å². The smallest absolute Gasteiger partial charge is 0.410 e. The Hall–Kier alpha value is -3.81. The minimum atomic E-state index is -0.542. The Balaban J connectivity index is 1.64. The molecule has 3 aromatic rings. The van der Waals surface area contributed by atoms with E-state index in [1.807, 2.05) is 81.8 Å². The molecule has 4 rings (SSSR count). The van der Waals surface area contributed by atoms with Crippen molar-refractivity contribution >= 4 is 17.7 Å². The van der Waals surface area contributed by atoms with Crippen molar-refractivity contribution in [1.29, 1.82) is 0 Å². The Morgan fingerprint density at radius 2 is 1.70 bits per heavy atom. The molecule has 8 heteroatoms. The van der Waals surface area contributed by atoms with Gasteiger partial charge in [-0.25, -0.2) is 9.48 Å². The third kappa shape index (κ3) is 6.13. The highest BCUT2D eigenvalue weighted by molar-refractivity contribution is 6.05. The number of rotatable bonds is 5. The second-order valence-electron chi connectivity index (χ2n) is 10.6. The molecule has 1 fully saturated rings. The van der Waals surface area contributed by atoms with Gasteiger partial charge in [-0.2, -0.15) is 5.10 Å². The molecule has 1 aromatic heterocycles. The molecule has 0 saturated carbocycles. The van der Waals surface area contributed by atoms with Crippen LogP contribution in [0.15, 0.2) is 48.7 Å². The number of carbonyl (C=O) groups is 2. The lowest BCUT2D eigenvalue weighted by atomic mass is 9.90. The fourth-order valence-corrected chi connectivity index (χ4v) is 4.58. The van der Waals surface area contributed by atoms with Gasteiger partial charge in [-0.1, -0.05) is 12.1 Å². The minimum absolute atomic E-state index is 0.0441. The molecule has 1 saturated heterocycles. The summed E-state index contributed by atoms with van der Waals surface area (Å²) in [5.74, 6) is 0.594. The number of carbonyl (C=O) groups excluding carboxylic acids is 2. The van der Waals surface area contributed by atoms with E-state index in [4.69, 9.17) is 9.47 Å². The monoisotopic (exact) mass is 504 g/mol. The summed E-state index contributed by atoms with van der Waals surface area (Å²) in [4.78, 5) is 27.9. The van der Waals surface area contributed by atoms with Crippen LogP contribution in [0, 0.1) is 13.8 Å². The van der Waals surface area contributed by atoms with Crippen molar-refractivity contribution in [2.45, 2.75) is 59.0 Å². The molecule has 2 amide bonds. The molecule has 0 unspecified atom stereocenters. The van der Waals surface area contributed by atoms with Gasteiger partial charge in [-0.3, -0.25) is 4.79 Å². The highest BCUT2D eigenvalue weighted by Crippen LogP contribution is 2.33. The number of aryl methyl sites for hydroxylation is 2. The number of ether oxygens (including phenoxy) is 2. The first kappa shape index (κ1) is 26.3. The zero-order chi connectivity index (χ0) is 26.7. The van der Waals surface area contributed by atoms with Crippen LogP contribution in [0.5, 0.6) is 5.75 Å². The van der Waals surface area contributed by atoms with Crippen molar-refractivity contribution < 1.29 is 19.1 Å². The number of piperidine rings is 1. The van der Waals surface area contributed by atoms with E-state index < -0.39 is 5.60 Å². The second kappa shape index (κ2) is 10.7. The summed E-state index contributed by atoms with van der Waals surface area (Å²) < 4.78 is 12.7. The van der Waals surface area contributed by atoms with Gasteiger partial charge in [0.25, 0.3) is 5.91 Å². The lowest BCUT2D eigenvalue weighted by Crippen LogP contribution is -2.41. The average molecular weight is 505 g/mol. The lowest BCUT2D eigenvalue weighted by Gasteiger charge is -2.34. The fourth-order valence-electron chi connectivity index (χ4n) is 4.58. The van der Waals surface area contributed by atoms with Crippen LogP contribution >= 0.6 is 0 Å². The van der Waals surface area contributed by atoms with Crippen LogP contribution < -0.4 is 10.1 Å². The second-order valence-corrected chi connectivity index (χ2v) is 10.6. The van der Waals surface area contributed by atoms with Crippen molar-refractivity contribution in [2.24, 2.45) is 0 Å². The average Bonchev–Trinajstić information content (AvgIpc) is 3.31. The lowest BCUT2D eigenvalue weighted by molar-refractivity contribution is 0.0203. The van der Waals surface area contributed by atoms with Crippen LogP contribution in [0.3, 0.4) is 0 Å². The van der Waals surface area contributed by atoms with E-state index in [0.29, 0.717) is 31.5 Å². The molecule has 37 heavy (non-hydrogen) atoms.